The van der Waals surface area contributed by atoms with Crippen molar-refractivity contribution >= 4 is 0 Å². The third kappa shape index (κ3) is 7.14. The fourth-order valence-corrected chi connectivity index (χ4v) is 1.84. The van der Waals surface area contributed by atoms with Gasteiger partial charge in [-0.05, 0) is 17.9 Å². The molecule has 2 nitrogen and oxygen atoms in total. The van der Waals surface area contributed by atoms with Gasteiger partial charge in [-0.15, -0.1) is 0 Å². The Bertz CT molecular complexity index is 284. The van der Waals surface area contributed by atoms with Crippen LogP contribution in [0.1, 0.15) is 38.7 Å². The molecule has 1 atom stereocenters. The molecule has 1 rings (SSSR count). The fourth-order valence-electron chi connectivity index (χ4n) is 1.84. The Kier molecular flexibility index (Phi) is 6.90. The lowest BCUT2D eigenvalue weighted by Gasteiger charge is -2.12. The van der Waals surface area contributed by atoms with Gasteiger partial charge >= 0.3 is 0 Å². The van der Waals surface area contributed by atoms with Crippen molar-refractivity contribution in [2.24, 2.45) is 5.92 Å². The van der Waals surface area contributed by atoms with Gasteiger partial charge in [-0.1, -0.05) is 57.0 Å². The van der Waals surface area contributed by atoms with E-state index in [0.29, 0.717) is 6.54 Å². The summed E-state index contributed by atoms with van der Waals surface area (Å²) < 4.78 is 0. The summed E-state index contributed by atoms with van der Waals surface area (Å²) in [6.45, 7) is 5.97. The predicted molar refractivity (Wildman–Crippen MR) is 72.8 cm³/mol. The van der Waals surface area contributed by atoms with Crippen LogP contribution in [0, 0.1) is 5.92 Å². The van der Waals surface area contributed by atoms with Crippen molar-refractivity contribution in [2.75, 3.05) is 6.54 Å². The molecule has 0 saturated carbocycles. The quantitative estimate of drug-likeness (QED) is 0.726. The molecule has 1 aromatic rings. The molecule has 0 unspecified atom stereocenters. The molecule has 0 aliphatic rings. The molecule has 0 bridgehead atoms. The van der Waals surface area contributed by atoms with E-state index in [-0.39, 0.29) is 6.10 Å². The van der Waals surface area contributed by atoms with Crippen molar-refractivity contribution in [1.29, 1.82) is 0 Å². The third-order valence-corrected chi connectivity index (χ3v) is 2.87. The van der Waals surface area contributed by atoms with Gasteiger partial charge in [-0.25, -0.2) is 0 Å². The molecular weight excluding hydrogens is 210 g/mol. The van der Waals surface area contributed by atoms with Crippen molar-refractivity contribution in [1.82, 2.24) is 5.32 Å². The monoisotopic (exact) mass is 235 g/mol. The number of aliphatic hydroxyl groups is 1. The van der Waals surface area contributed by atoms with E-state index in [1.807, 2.05) is 18.2 Å². The summed E-state index contributed by atoms with van der Waals surface area (Å²) in [4.78, 5) is 0. The van der Waals surface area contributed by atoms with Crippen LogP contribution in [0.25, 0.3) is 0 Å². The highest BCUT2D eigenvalue weighted by molar-refractivity contribution is 5.14. The molecule has 2 N–H and O–H groups in total. The second-order valence-corrected chi connectivity index (χ2v) is 5.10. The minimum atomic E-state index is -0.211. The number of rotatable bonds is 8. The van der Waals surface area contributed by atoms with Crippen LogP contribution in [0.4, 0.5) is 0 Å². The Morgan fingerprint density at radius 1 is 1.12 bits per heavy atom. The number of hydrogen-bond donors (Lipinski definition) is 2. The molecule has 17 heavy (non-hydrogen) atoms. The van der Waals surface area contributed by atoms with Crippen LogP contribution in [-0.2, 0) is 6.54 Å². The molecule has 2 heteroatoms. The number of benzene rings is 1. The Morgan fingerprint density at radius 3 is 2.47 bits per heavy atom. The molecule has 0 aliphatic carbocycles. The van der Waals surface area contributed by atoms with Crippen molar-refractivity contribution in [2.45, 2.75) is 45.8 Å². The van der Waals surface area contributed by atoms with E-state index in [1.165, 1.54) is 12.0 Å². The molecular formula is C15H25NO. The number of aliphatic hydroxyl groups excluding tert-OH is 1. The van der Waals surface area contributed by atoms with Gasteiger partial charge in [0.25, 0.3) is 0 Å². The Morgan fingerprint density at radius 2 is 1.82 bits per heavy atom. The first kappa shape index (κ1) is 14.2. The third-order valence-electron chi connectivity index (χ3n) is 2.87. The molecule has 0 fully saturated rings. The fraction of sp³-hybridized carbons (Fsp3) is 0.600. The molecule has 0 heterocycles. The minimum Gasteiger partial charge on any atom is -0.392 e. The van der Waals surface area contributed by atoms with E-state index in [9.17, 15) is 5.11 Å². The lowest BCUT2D eigenvalue weighted by Crippen LogP contribution is -2.26. The standard InChI is InChI=1S/C15H25NO/c1-13(2)7-6-10-15(17)12-16-11-14-8-4-3-5-9-14/h3-5,8-9,13,15-17H,6-7,10-12H2,1-2H3/t15-/m1/s1. The second-order valence-electron chi connectivity index (χ2n) is 5.10. The summed E-state index contributed by atoms with van der Waals surface area (Å²) in [5, 5.41) is 13.1. The SMILES string of the molecule is CC(C)CCC[C@@H](O)CNCc1ccccc1. The van der Waals surface area contributed by atoms with E-state index in [2.05, 4.69) is 31.3 Å². The van der Waals surface area contributed by atoms with Crippen molar-refractivity contribution in [3.63, 3.8) is 0 Å². The minimum absolute atomic E-state index is 0.211. The van der Waals surface area contributed by atoms with Crippen LogP contribution in [0.2, 0.25) is 0 Å². The van der Waals surface area contributed by atoms with E-state index < -0.39 is 0 Å². The molecule has 0 saturated heterocycles. The molecule has 0 spiro atoms. The van der Waals surface area contributed by atoms with Crippen LogP contribution >= 0.6 is 0 Å². The first-order valence-corrected chi connectivity index (χ1v) is 6.61. The van der Waals surface area contributed by atoms with Gasteiger partial charge in [0.15, 0.2) is 0 Å². The maximum absolute atomic E-state index is 9.78. The van der Waals surface area contributed by atoms with E-state index in [4.69, 9.17) is 0 Å². The van der Waals surface area contributed by atoms with E-state index >= 15 is 0 Å². The summed E-state index contributed by atoms with van der Waals surface area (Å²) in [5.41, 5.74) is 1.27. The zero-order chi connectivity index (χ0) is 12.5. The molecule has 1 aromatic carbocycles. The van der Waals surface area contributed by atoms with E-state index in [0.717, 1.165) is 25.3 Å². The molecule has 0 aromatic heterocycles. The van der Waals surface area contributed by atoms with Gasteiger partial charge in [0.05, 0.1) is 6.10 Å². The smallest absolute Gasteiger partial charge is 0.0664 e. The van der Waals surface area contributed by atoms with Gasteiger partial charge in [-0.3, -0.25) is 0 Å². The summed E-state index contributed by atoms with van der Waals surface area (Å²) >= 11 is 0. The number of hydrogen-bond acceptors (Lipinski definition) is 2. The average molecular weight is 235 g/mol. The van der Waals surface area contributed by atoms with Crippen LogP contribution < -0.4 is 5.32 Å². The van der Waals surface area contributed by atoms with Crippen molar-refractivity contribution in [3.05, 3.63) is 35.9 Å². The molecule has 0 amide bonds. The summed E-state index contributed by atoms with van der Waals surface area (Å²) in [7, 11) is 0. The topological polar surface area (TPSA) is 32.3 Å². The van der Waals surface area contributed by atoms with Gasteiger partial charge in [-0.2, -0.15) is 0 Å². The molecule has 96 valence electrons. The Balaban J connectivity index is 2.06. The van der Waals surface area contributed by atoms with Crippen LogP contribution in [0.5, 0.6) is 0 Å². The Labute approximate surface area is 105 Å². The lowest BCUT2D eigenvalue weighted by molar-refractivity contribution is 0.156. The first-order chi connectivity index (χ1) is 8.18. The van der Waals surface area contributed by atoms with Crippen LogP contribution in [-0.4, -0.2) is 17.8 Å². The van der Waals surface area contributed by atoms with Crippen molar-refractivity contribution in [3.8, 4) is 0 Å². The van der Waals surface area contributed by atoms with Gasteiger partial charge < -0.3 is 10.4 Å². The van der Waals surface area contributed by atoms with Crippen molar-refractivity contribution < 1.29 is 5.11 Å². The highest BCUT2D eigenvalue weighted by Crippen LogP contribution is 2.08. The first-order valence-electron chi connectivity index (χ1n) is 6.61. The maximum atomic E-state index is 9.78. The van der Waals surface area contributed by atoms with Crippen LogP contribution in [0.3, 0.4) is 0 Å². The van der Waals surface area contributed by atoms with E-state index in [1.54, 1.807) is 0 Å². The predicted octanol–water partition coefficient (Wildman–Crippen LogP) is 2.96. The number of nitrogens with one attached hydrogen (secondary N) is 1. The summed E-state index contributed by atoms with van der Waals surface area (Å²) in [5.74, 6) is 0.736. The average Bonchev–Trinajstić information content (AvgIpc) is 2.30. The lowest BCUT2D eigenvalue weighted by atomic mass is 10.0. The largest absolute Gasteiger partial charge is 0.392 e. The second kappa shape index (κ2) is 8.26. The summed E-state index contributed by atoms with van der Waals surface area (Å²) in [6.07, 6.45) is 3.01. The van der Waals surface area contributed by atoms with Gasteiger partial charge in [0, 0.05) is 13.1 Å². The maximum Gasteiger partial charge on any atom is 0.0664 e. The summed E-state index contributed by atoms with van der Waals surface area (Å²) in [6, 6.07) is 10.3. The van der Waals surface area contributed by atoms with Crippen LogP contribution in [0.15, 0.2) is 30.3 Å². The zero-order valence-electron chi connectivity index (χ0n) is 11.0. The molecule has 0 aliphatic heterocycles. The van der Waals surface area contributed by atoms with Gasteiger partial charge in [0.1, 0.15) is 0 Å². The zero-order valence-corrected chi connectivity index (χ0v) is 11.0. The molecule has 0 radical (unpaired) electrons. The Hall–Kier alpha value is -0.860. The highest BCUT2D eigenvalue weighted by atomic mass is 16.3. The normalized spacial score (nSPS) is 12.9. The highest BCUT2D eigenvalue weighted by Gasteiger charge is 2.04. The van der Waals surface area contributed by atoms with Gasteiger partial charge in [0.2, 0.25) is 0 Å².